The van der Waals surface area contributed by atoms with Crippen LogP contribution in [0, 0.1) is 0 Å². The minimum absolute atomic E-state index is 0.625. The minimum atomic E-state index is 0.625. The quantitative estimate of drug-likeness (QED) is 0.849. The van der Waals surface area contributed by atoms with Crippen molar-refractivity contribution >= 4 is 5.69 Å². The molecule has 1 aliphatic rings. The van der Waals surface area contributed by atoms with Gasteiger partial charge in [-0.25, -0.2) is 0 Å². The van der Waals surface area contributed by atoms with Gasteiger partial charge in [0.15, 0.2) is 0 Å². The molecule has 18 heavy (non-hydrogen) atoms. The smallest absolute Gasteiger partial charge is 0.0374 e. The van der Waals surface area contributed by atoms with Crippen LogP contribution in [0.4, 0.5) is 5.69 Å². The zero-order chi connectivity index (χ0) is 12.2. The third kappa shape index (κ3) is 2.56. The topological polar surface area (TPSA) is 12.0 Å². The molecule has 0 spiro atoms. The van der Waals surface area contributed by atoms with Crippen molar-refractivity contribution in [3.05, 3.63) is 65.7 Å². The second-order valence-electron chi connectivity index (χ2n) is 5.06. The number of para-hydroxylation sites is 1. The molecule has 92 valence electrons. The van der Waals surface area contributed by atoms with Crippen molar-refractivity contribution in [3.8, 4) is 0 Å². The van der Waals surface area contributed by atoms with E-state index in [1.807, 2.05) is 0 Å². The molecule has 3 rings (SSSR count). The van der Waals surface area contributed by atoms with Crippen molar-refractivity contribution in [2.75, 3.05) is 5.32 Å². The summed E-state index contributed by atoms with van der Waals surface area (Å²) in [5.74, 6) is 0. The van der Waals surface area contributed by atoms with Crippen molar-refractivity contribution in [1.82, 2.24) is 0 Å². The second-order valence-corrected chi connectivity index (χ2v) is 5.06. The average molecular weight is 237 g/mol. The summed E-state index contributed by atoms with van der Waals surface area (Å²) >= 11 is 0. The second kappa shape index (κ2) is 5.26. The molecular weight excluding hydrogens is 218 g/mol. The van der Waals surface area contributed by atoms with Gasteiger partial charge in [-0.05, 0) is 42.9 Å². The maximum absolute atomic E-state index is 3.67. The molecule has 0 unspecified atom stereocenters. The number of hydrogen-bond donors (Lipinski definition) is 1. The summed E-state index contributed by atoms with van der Waals surface area (Å²) in [5, 5.41) is 3.67. The third-order valence-electron chi connectivity index (χ3n) is 3.76. The van der Waals surface area contributed by atoms with Gasteiger partial charge in [0, 0.05) is 11.7 Å². The van der Waals surface area contributed by atoms with Crippen molar-refractivity contribution in [3.63, 3.8) is 0 Å². The molecule has 0 saturated heterocycles. The van der Waals surface area contributed by atoms with Crippen LogP contribution in [0.15, 0.2) is 54.6 Å². The van der Waals surface area contributed by atoms with E-state index in [1.54, 1.807) is 0 Å². The van der Waals surface area contributed by atoms with Gasteiger partial charge in [-0.15, -0.1) is 0 Å². The first-order chi connectivity index (χ1) is 8.92. The summed E-state index contributed by atoms with van der Waals surface area (Å²) in [6.45, 7) is 0. The summed E-state index contributed by atoms with van der Waals surface area (Å²) in [7, 11) is 0. The molecular formula is C17H19N. The number of anilines is 1. The first kappa shape index (κ1) is 11.3. The number of hydrogen-bond acceptors (Lipinski definition) is 1. The molecule has 2 aromatic carbocycles. The highest BCUT2D eigenvalue weighted by molar-refractivity contribution is 5.53. The van der Waals surface area contributed by atoms with Gasteiger partial charge in [0.2, 0.25) is 0 Å². The highest BCUT2D eigenvalue weighted by atomic mass is 14.9. The fourth-order valence-electron chi connectivity index (χ4n) is 2.70. The van der Waals surface area contributed by atoms with Crippen LogP contribution in [0.1, 0.15) is 24.0 Å². The number of rotatable bonds is 3. The predicted octanol–water partition coefficient (Wildman–Crippen LogP) is 4.05. The van der Waals surface area contributed by atoms with Gasteiger partial charge in [-0.2, -0.15) is 0 Å². The number of fused-ring (bicyclic) bond motifs is 1. The normalized spacial score (nSPS) is 17.9. The average Bonchev–Trinajstić information content (AvgIpc) is 2.46. The molecule has 1 atom stereocenters. The van der Waals surface area contributed by atoms with E-state index in [1.165, 1.54) is 42.5 Å². The van der Waals surface area contributed by atoms with E-state index in [2.05, 4.69) is 59.9 Å². The molecule has 1 nitrogen and oxygen atoms in total. The van der Waals surface area contributed by atoms with Crippen LogP contribution in [-0.2, 0) is 12.8 Å². The Balaban J connectivity index is 1.60. The van der Waals surface area contributed by atoms with Gasteiger partial charge < -0.3 is 5.32 Å². The van der Waals surface area contributed by atoms with Gasteiger partial charge in [-0.1, -0.05) is 48.5 Å². The standard InChI is InChI=1S/C17H19N/c1-2-6-14(7-3-1)10-12-16-13-11-15-8-4-5-9-17(15)18-16/h1-9,16,18H,10-13H2/t16-/m0/s1. The lowest BCUT2D eigenvalue weighted by molar-refractivity contribution is 0.586. The Hall–Kier alpha value is -1.76. The van der Waals surface area contributed by atoms with Gasteiger partial charge >= 0.3 is 0 Å². The van der Waals surface area contributed by atoms with E-state index in [4.69, 9.17) is 0 Å². The van der Waals surface area contributed by atoms with E-state index in [-0.39, 0.29) is 0 Å². The Bertz CT molecular complexity index is 504. The first-order valence-corrected chi connectivity index (χ1v) is 6.80. The van der Waals surface area contributed by atoms with Gasteiger partial charge in [0.05, 0.1) is 0 Å². The minimum Gasteiger partial charge on any atom is -0.382 e. The lowest BCUT2D eigenvalue weighted by Crippen LogP contribution is -2.25. The summed E-state index contributed by atoms with van der Waals surface area (Å²) in [4.78, 5) is 0. The Morgan fingerprint density at radius 3 is 2.61 bits per heavy atom. The molecule has 0 aromatic heterocycles. The van der Waals surface area contributed by atoms with Crippen molar-refractivity contribution < 1.29 is 0 Å². The summed E-state index contributed by atoms with van der Waals surface area (Å²) in [6, 6.07) is 20.1. The van der Waals surface area contributed by atoms with Crippen LogP contribution in [-0.4, -0.2) is 6.04 Å². The van der Waals surface area contributed by atoms with Crippen LogP contribution in [0.3, 0.4) is 0 Å². The first-order valence-electron chi connectivity index (χ1n) is 6.80. The lowest BCUT2D eigenvalue weighted by Gasteiger charge is -2.27. The molecule has 0 bridgehead atoms. The SMILES string of the molecule is c1ccc(CC[C@H]2CCc3ccccc3N2)cc1. The Morgan fingerprint density at radius 2 is 1.72 bits per heavy atom. The van der Waals surface area contributed by atoms with Crippen molar-refractivity contribution in [2.45, 2.75) is 31.7 Å². The lowest BCUT2D eigenvalue weighted by atomic mass is 9.94. The molecule has 0 fully saturated rings. The largest absolute Gasteiger partial charge is 0.382 e. The highest BCUT2D eigenvalue weighted by Gasteiger charge is 2.16. The number of nitrogens with one attached hydrogen (secondary N) is 1. The Kier molecular flexibility index (Phi) is 3.31. The molecule has 1 heterocycles. The maximum Gasteiger partial charge on any atom is 0.0374 e. The Labute approximate surface area is 109 Å². The molecule has 1 heteroatoms. The van der Waals surface area contributed by atoms with Crippen LogP contribution in [0.2, 0.25) is 0 Å². The third-order valence-corrected chi connectivity index (χ3v) is 3.76. The molecule has 2 aromatic rings. The number of benzene rings is 2. The van der Waals surface area contributed by atoms with E-state index in [0.29, 0.717) is 6.04 Å². The van der Waals surface area contributed by atoms with E-state index < -0.39 is 0 Å². The Morgan fingerprint density at radius 1 is 0.944 bits per heavy atom. The number of aryl methyl sites for hydroxylation is 2. The zero-order valence-corrected chi connectivity index (χ0v) is 10.6. The summed E-state index contributed by atoms with van der Waals surface area (Å²) < 4.78 is 0. The van der Waals surface area contributed by atoms with E-state index >= 15 is 0 Å². The van der Waals surface area contributed by atoms with Crippen molar-refractivity contribution in [1.29, 1.82) is 0 Å². The van der Waals surface area contributed by atoms with Crippen LogP contribution < -0.4 is 5.32 Å². The van der Waals surface area contributed by atoms with E-state index in [0.717, 1.165) is 0 Å². The van der Waals surface area contributed by atoms with Gasteiger partial charge in [0.25, 0.3) is 0 Å². The van der Waals surface area contributed by atoms with Crippen LogP contribution >= 0.6 is 0 Å². The summed E-state index contributed by atoms with van der Waals surface area (Å²) in [5.41, 5.74) is 4.24. The molecule has 0 radical (unpaired) electrons. The summed E-state index contributed by atoms with van der Waals surface area (Å²) in [6.07, 6.45) is 4.85. The van der Waals surface area contributed by atoms with Crippen LogP contribution in [0.5, 0.6) is 0 Å². The van der Waals surface area contributed by atoms with Gasteiger partial charge in [-0.3, -0.25) is 0 Å². The maximum atomic E-state index is 3.67. The molecule has 0 amide bonds. The predicted molar refractivity (Wildman–Crippen MR) is 76.9 cm³/mol. The monoisotopic (exact) mass is 237 g/mol. The molecule has 0 saturated carbocycles. The van der Waals surface area contributed by atoms with Crippen LogP contribution in [0.25, 0.3) is 0 Å². The van der Waals surface area contributed by atoms with E-state index in [9.17, 15) is 0 Å². The zero-order valence-electron chi connectivity index (χ0n) is 10.6. The van der Waals surface area contributed by atoms with Crippen molar-refractivity contribution in [2.24, 2.45) is 0 Å². The fraction of sp³-hybridized carbons (Fsp3) is 0.294. The molecule has 0 aliphatic carbocycles. The molecule has 1 aliphatic heterocycles. The fourth-order valence-corrected chi connectivity index (χ4v) is 2.70. The molecule has 1 N–H and O–H groups in total. The highest BCUT2D eigenvalue weighted by Crippen LogP contribution is 2.26. The van der Waals surface area contributed by atoms with Gasteiger partial charge in [0.1, 0.15) is 0 Å².